The molecular formula is C19H20O2. The summed E-state index contributed by atoms with van der Waals surface area (Å²) in [6, 6.07) is 16.3. The molecule has 2 aromatic rings. The number of para-hydroxylation sites is 1. The van der Waals surface area contributed by atoms with Crippen LogP contribution in [-0.4, -0.2) is 12.4 Å². The second kappa shape index (κ2) is 6.13. The molecule has 0 amide bonds. The van der Waals surface area contributed by atoms with Gasteiger partial charge in [-0.3, -0.25) is 4.79 Å². The summed E-state index contributed by atoms with van der Waals surface area (Å²) in [6.45, 7) is 2.77. The highest BCUT2D eigenvalue weighted by atomic mass is 16.5. The average Bonchev–Trinajstić information content (AvgIpc) is 2.50. The Bertz CT molecular complexity index is 628. The molecule has 0 radical (unpaired) electrons. The van der Waals surface area contributed by atoms with Crippen molar-refractivity contribution < 1.29 is 9.53 Å². The third-order valence-electron chi connectivity index (χ3n) is 4.08. The lowest BCUT2D eigenvalue weighted by atomic mass is 9.87. The van der Waals surface area contributed by atoms with Crippen LogP contribution in [0.1, 0.15) is 35.4 Å². The van der Waals surface area contributed by atoms with Gasteiger partial charge in [0.25, 0.3) is 0 Å². The van der Waals surface area contributed by atoms with Gasteiger partial charge in [-0.25, -0.2) is 0 Å². The molecule has 2 heteroatoms. The van der Waals surface area contributed by atoms with Crippen LogP contribution >= 0.6 is 0 Å². The molecule has 21 heavy (non-hydrogen) atoms. The van der Waals surface area contributed by atoms with Crippen molar-refractivity contribution in [2.24, 2.45) is 0 Å². The normalized spacial score (nSPS) is 16.9. The van der Waals surface area contributed by atoms with Crippen LogP contribution in [0.25, 0.3) is 0 Å². The van der Waals surface area contributed by atoms with Crippen molar-refractivity contribution in [2.45, 2.75) is 32.1 Å². The van der Waals surface area contributed by atoms with E-state index in [0.29, 0.717) is 31.1 Å². The summed E-state index contributed by atoms with van der Waals surface area (Å²) in [6.07, 6.45) is 2.06. The van der Waals surface area contributed by atoms with Gasteiger partial charge in [-0.05, 0) is 36.5 Å². The van der Waals surface area contributed by atoms with Crippen molar-refractivity contribution in [3.8, 4) is 5.75 Å². The number of benzene rings is 2. The second-order valence-electron chi connectivity index (χ2n) is 5.78. The number of rotatable bonds is 4. The molecule has 0 saturated carbocycles. The fourth-order valence-corrected chi connectivity index (χ4v) is 2.91. The number of carbonyl (C=O) groups is 1. The maximum absolute atomic E-state index is 12.3. The number of fused-ring (bicyclic) bond motifs is 1. The summed E-state index contributed by atoms with van der Waals surface area (Å²) >= 11 is 0. The van der Waals surface area contributed by atoms with Crippen LogP contribution in [0, 0.1) is 6.92 Å². The first-order valence-corrected chi connectivity index (χ1v) is 7.51. The van der Waals surface area contributed by atoms with Gasteiger partial charge in [-0.1, -0.05) is 48.0 Å². The Kier molecular flexibility index (Phi) is 4.05. The molecule has 1 unspecified atom stereocenters. The predicted molar refractivity (Wildman–Crippen MR) is 83.8 cm³/mol. The van der Waals surface area contributed by atoms with Crippen LogP contribution in [0.2, 0.25) is 0 Å². The quantitative estimate of drug-likeness (QED) is 0.844. The van der Waals surface area contributed by atoms with Crippen molar-refractivity contribution >= 4 is 5.78 Å². The van der Waals surface area contributed by atoms with Crippen LogP contribution in [0.15, 0.2) is 48.5 Å². The molecule has 2 nitrogen and oxygen atoms in total. The van der Waals surface area contributed by atoms with Gasteiger partial charge in [-0.2, -0.15) is 0 Å². The van der Waals surface area contributed by atoms with Gasteiger partial charge in [0.2, 0.25) is 0 Å². The molecule has 108 valence electrons. The van der Waals surface area contributed by atoms with E-state index < -0.39 is 0 Å². The Hall–Kier alpha value is -2.09. The van der Waals surface area contributed by atoms with Crippen LogP contribution < -0.4 is 4.74 Å². The van der Waals surface area contributed by atoms with Crippen molar-refractivity contribution in [1.29, 1.82) is 0 Å². The molecule has 0 fully saturated rings. The molecule has 1 atom stereocenters. The van der Waals surface area contributed by atoms with Gasteiger partial charge in [0, 0.05) is 12.8 Å². The number of aryl methyl sites for hydroxylation is 1. The SMILES string of the molecule is Cc1ccc(CC(=O)CC2CCOc3ccccc32)cc1. The molecule has 0 aromatic heterocycles. The van der Waals surface area contributed by atoms with E-state index in [1.807, 2.05) is 30.3 Å². The first-order chi connectivity index (χ1) is 10.2. The molecular weight excluding hydrogens is 260 g/mol. The maximum atomic E-state index is 12.3. The zero-order valence-corrected chi connectivity index (χ0v) is 12.3. The largest absolute Gasteiger partial charge is 0.493 e. The summed E-state index contributed by atoms with van der Waals surface area (Å²) in [4.78, 5) is 12.3. The minimum absolute atomic E-state index is 0.299. The third-order valence-corrected chi connectivity index (χ3v) is 4.08. The minimum Gasteiger partial charge on any atom is -0.493 e. The van der Waals surface area contributed by atoms with E-state index in [9.17, 15) is 4.79 Å². The average molecular weight is 280 g/mol. The lowest BCUT2D eigenvalue weighted by Crippen LogP contribution is -2.17. The van der Waals surface area contributed by atoms with Gasteiger partial charge in [0.05, 0.1) is 6.61 Å². The van der Waals surface area contributed by atoms with E-state index in [0.717, 1.165) is 17.7 Å². The lowest BCUT2D eigenvalue weighted by Gasteiger charge is -2.25. The summed E-state index contributed by atoms with van der Waals surface area (Å²) in [5.74, 6) is 1.55. The Morgan fingerprint density at radius 3 is 2.71 bits per heavy atom. The summed E-state index contributed by atoms with van der Waals surface area (Å²) in [5, 5.41) is 0. The van der Waals surface area contributed by atoms with Crippen LogP contribution in [0.3, 0.4) is 0 Å². The van der Waals surface area contributed by atoms with Crippen molar-refractivity contribution in [3.63, 3.8) is 0 Å². The predicted octanol–water partition coefficient (Wildman–Crippen LogP) is 4.06. The first kappa shape index (κ1) is 13.9. The second-order valence-corrected chi connectivity index (χ2v) is 5.78. The summed E-state index contributed by atoms with van der Waals surface area (Å²) in [7, 11) is 0. The summed E-state index contributed by atoms with van der Waals surface area (Å²) in [5.41, 5.74) is 3.51. The monoisotopic (exact) mass is 280 g/mol. The number of ether oxygens (including phenoxy) is 1. The molecule has 1 heterocycles. The number of carbonyl (C=O) groups excluding carboxylic acids is 1. The number of ketones is 1. The molecule has 0 bridgehead atoms. The van der Waals surface area contributed by atoms with Crippen LogP contribution in [-0.2, 0) is 11.2 Å². The Balaban J connectivity index is 1.67. The number of Topliss-reactive ketones (excluding diaryl/α,β-unsaturated/α-hetero) is 1. The van der Waals surface area contributed by atoms with Gasteiger partial charge >= 0.3 is 0 Å². The van der Waals surface area contributed by atoms with Gasteiger partial charge in [-0.15, -0.1) is 0 Å². The Morgan fingerprint density at radius 2 is 1.90 bits per heavy atom. The molecule has 1 aliphatic rings. The van der Waals surface area contributed by atoms with Gasteiger partial charge in [0.15, 0.2) is 0 Å². The van der Waals surface area contributed by atoms with Crippen molar-refractivity contribution in [3.05, 3.63) is 65.2 Å². The highest BCUT2D eigenvalue weighted by Crippen LogP contribution is 2.35. The van der Waals surface area contributed by atoms with Crippen molar-refractivity contribution in [1.82, 2.24) is 0 Å². The molecule has 0 aliphatic carbocycles. The smallest absolute Gasteiger partial charge is 0.137 e. The van der Waals surface area contributed by atoms with E-state index in [1.54, 1.807) is 0 Å². The van der Waals surface area contributed by atoms with E-state index in [1.165, 1.54) is 11.1 Å². The zero-order chi connectivity index (χ0) is 14.7. The van der Waals surface area contributed by atoms with E-state index in [-0.39, 0.29) is 0 Å². The Morgan fingerprint density at radius 1 is 1.14 bits per heavy atom. The third kappa shape index (κ3) is 3.33. The highest BCUT2D eigenvalue weighted by molar-refractivity contribution is 5.81. The Labute approximate surface area is 125 Å². The molecule has 0 N–H and O–H groups in total. The molecule has 0 saturated heterocycles. The van der Waals surface area contributed by atoms with Gasteiger partial charge < -0.3 is 4.74 Å². The van der Waals surface area contributed by atoms with Crippen LogP contribution in [0.5, 0.6) is 5.75 Å². The number of hydrogen-bond donors (Lipinski definition) is 0. The van der Waals surface area contributed by atoms with Gasteiger partial charge in [0.1, 0.15) is 11.5 Å². The fourth-order valence-electron chi connectivity index (χ4n) is 2.91. The first-order valence-electron chi connectivity index (χ1n) is 7.51. The summed E-state index contributed by atoms with van der Waals surface area (Å²) < 4.78 is 5.66. The molecule has 2 aromatic carbocycles. The maximum Gasteiger partial charge on any atom is 0.137 e. The fraction of sp³-hybridized carbons (Fsp3) is 0.316. The van der Waals surface area contributed by atoms with E-state index in [2.05, 4.69) is 25.1 Å². The zero-order valence-electron chi connectivity index (χ0n) is 12.3. The minimum atomic E-state index is 0.299. The van der Waals surface area contributed by atoms with E-state index >= 15 is 0 Å². The molecule has 1 aliphatic heterocycles. The topological polar surface area (TPSA) is 26.3 Å². The van der Waals surface area contributed by atoms with Crippen LogP contribution in [0.4, 0.5) is 0 Å². The van der Waals surface area contributed by atoms with Crippen molar-refractivity contribution in [2.75, 3.05) is 6.61 Å². The number of hydrogen-bond acceptors (Lipinski definition) is 2. The molecule has 3 rings (SSSR count). The van der Waals surface area contributed by atoms with E-state index in [4.69, 9.17) is 4.74 Å². The lowest BCUT2D eigenvalue weighted by molar-refractivity contribution is -0.118. The molecule has 0 spiro atoms. The standard InChI is InChI=1S/C19H20O2/c1-14-6-8-15(9-7-14)12-17(20)13-16-10-11-21-19-5-3-2-4-18(16)19/h2-9,16H,10-13H2,1H3. The highest BCUT2D eigenvalue weighted by Gasteiger charge is 2.23.